The Kier molecular flexibility index (Phi) is 6.34. The fraction of sp³-hybridized carbons (Fsp3) is 0.583. The van der Waals surface area contributed by atoms with E-state index in [1.54, 1.807) is 30.3 Å². The van der Waals surface area contributed by atoms with Crippen LogP contribution in [0.25, 0.3) is 0 Å². The largest absolute Gasteiger partial charge is 0.376 e. The van der Waals surface area contributed by atoms with Gasteiger partial charge in [-0.05, 0) is 38.2 Å². The number of nitrogens with zero attached hydrogens (tertiary/aromatic N) is 2. The lowest BCUT2D eigenvalue weighted by molar-refractivity contribution is -0.203. The van der Waals surface area contributed by atoms with E-state index in [9.17, 15) is 33.5 Å². The lowest BCUT2D eigenvalue weighted by atomic mass is 9.70. The SMILES string of the molecule is C[C@@](O)(C(=O)N1[C@H]2CC[C@@H]([C@@H]1C(=O)N[C@@H](C#N)C[C@H]1CCNC1=O)C(F)(F)C2)c1ccccc1. The number of nitriles is 1. The highest BCUT2D eigenvalue weighted by atomic mass is 19.3. The first kappa shape index (κ1) is 24.1. The summed E-state index contributed by atoms with van der Waals surface area (Å²) in [6.07, 6.45) is 0.340. The molecule has 0 spiro atoms. The van der Waals surface area contributed by atoms with Crippen LogP contribution in [0.4, 0.5) is 8.78 Å². The number of alkyl halides is 2. The molecule has 10 heteroatoms. The van der Waals surface area contributed by atoms with Crippen molar-refractivity contribution < 1.29 is 28.3 Å². The molecule has 0 aromatic heterocycles. The van der Waals surface area contributed by atoms with E-state index in [0.717, 1.165) is 4.90 Å². The van der Waals surface area contributed by atoms with Gasteiger partial charge in [0.05, 0.1) is 12.0 Å². The summed E-state index contributed by atoms with van der Waals surface area (Å²) < 4.78 is 29.7. The minimum Gasteiger partial charge on any atom is -0.376 e. The molecule has 1 saturated carbocycles. The fourth-order valence-electron chi connectivity index (χ4n) is 5.49. The second-order valence-electron chi connectivity index (χ2n) is 9.60. The van der Waals surface area contributed by atoms with E-state index in [2.05, 4.69) is 10.6 Å². The van der Waals surface area contributed by atoms with Crippen LogP contribution in [0.2, 0.25) is 0 Å². The monoisotopic (exact) mass is 474 g/mol. The zero-order chi connectivity index (χ0) is 24.7. The van der Waals surface area contributed by atoms with Gasteiger partial charge in [0.2, 0.25) is 11.8 Å². The Balaban J connectivity index is 1.60. The van der Waals surface area contributed by atoms with E-state index in [-0.39, 0.29) is 24.3 Å². The predicted octanol–water partition coefficient (Wildman–Crippen LogP) is 1.44. The van der Waals surface area contributed by atoms with E-state index in [1.165, 1.54) is 6.92 Å². The van der Waals surface area contributed by atoms with E-state index in [4.69, 9.17) is 0 Å². The Hall–Kier alpha value is -3.06. The molecule has 8 nitrogen and oxygen atoms in total. The van der Waals surface area contributed by atoms with Crippen LogP contribution in [0.15, 0.2) is 30.3 Å². The standard InChI is InChI=1S/C24H28F2N4O4/c1-23(34,15-5-3-2-4-6-15)22(33)30-17-7-8-18(24(25,26)12-17)19(30)21(32)29-16(13-27)11-14-9-10-28-20(14)31/h2-6,14,16-19,34H,7-12H2,1H3,(H,28,31)(H,29,32)/t14-,16-,17+,18+,19-,23+/m1/s1. The molecule has 5 rings (SSSR count). The van der Waals surface area contributed by atoms with Gasteiger partial charge in [0.15, 0.2) is 5.60 Å². The van der Waals surface area contributed by atoms with Crippen LogP contribution in [0.5, 0.6) is 0 Å². The maximum Gasteiger partial charge on any atom is 0.259 e. The zero-order valence-electron chi connectivity index (χ0n) is 18.8. The third-order valence-electron chi connectivity index (χ3n) is 7.35. The van der Waals surface area contributed by atoms with E-state index >= 15 is 0 Å². The van der Waals surface area contributed by atoms with Crippen molar-refractivity contribution in [3.05, 3.63) is 35.9 Å². The third-order valence-corrected chi connectivity index (χ3v) is 7.35. The van der Waals surface area contributed by atoms with Crippen LogP contribution in [-0.2, 0) is 20.0 Å². The zero-order valence-corrected chi connectivity index (χ0v) is 18.8. The average Bonchev–Trinajstić information content (AvgIpc) is 3.21. The molecule has 2 bridgehead atoms. The number of fused-ring (bicyclic) bond motifs is 3. The van der Waals surface area contributed by atoms with Crippen molar-refractivity contribution in [3.8, 4) is 6.07 Å². The number of aliphatic hydroxyl groups is 1. The van der Waals surface area contributed by atoms with Gasteiger partial charge in [0.1, 0.15) is 12.1 Å². The summed E-state index contributed by atoms with van der Waals surface area (Å²) in [7, 11) is 0. The summed E-state index contributed by atoms with van der Waals surface area (Å²) in [6, 6.07) is 6.55. The van der Waals surface area contributed by atoms with Gasteiger partial charge in [-0.25, -0.2) is 8.78 Å². The third kappa shape index (κ3) is 4.25. The van der Waals surface area contributed by atoms with Gasteiger partial charge in [-0.1, -0.05) is 30.3 Å². The molecule has 182 valence electrons. The minimum absolute atomic E-state index is 0.0509. The molecular formula is C24H28F2N4O4. The van der Waals surface area contributed by atoms with Crippen molar-refractivity contribution >= 4 is 17.7 Å². The first-order chi connectivity index (χ1) is 16.1. The van der Waals surface area contributed by atoms with Crippen LogP contribution < -0.4 is 10.6 Å². The lowest BCUT2D eigenvalue weighted by Crippen LogP contribution is -2.70. The Morgan fingerprint density at radius 1 is 1.32 bits per heavy atom. The highest BCUT2D eigenvalue weighted by Crippen LogP contribution is 2.50. The number of benzene rings is 1. The number of carbonyl (C=O) groups excluding carboxylic acids is 3. The van der Waals surface area contributed by atoms with Gasteiger partial charge in [0.25, 0.3) is 11.8 Å². The first-order valence-corrected chi connectivity index (χ1v) is 11.5. The van der Waals surface area contributed by atoms with Crippen LogP contribution in [0.1, 0.15) is 44.6 Å². The molecule has 6 atom stereocenters. The maximum atomic E-state index is 14.9. The van der Waals surface area contributed by atoms with Crippen molar-refractivity contribution in [2.45, 2.75) is 68.7 Å². The molecule has 3 aliphatic heterocycles. The second kappa shape index (κ2) is 8.95. The predicted molar refractivity (Wildman–Crippen MR) is 116 cm³/mol. The first-order valence-electron chi connectivity index (χ1n) is 11.5. The van der Waals surface area contributed by atoms with E-state index in [0.29, 0.717) is 19.4 Å². The topological polar surface area (TPSA) is 123 Å². The number of piperidine rings is 2. The number of halogens is 2. The number of hydrogen-bond donors (Lipinski definition) is 3. The van der Waals surface area contributed by atoms with Gasteiger partial charge < -0.3 is 20.6 Å². The Morgan fingerprint density at radius 2 is 2.03 bits per heavy atom. The van der Waals surface area contributed by atoms with E-state index in [1.807, 2.05) is 6.07 Å². The molecular weight excluding hydrogens is 446 g/mol. The highest BCUT2D eigenvalue weighted by molar-refractivity contribution is 5.93. The summed E-state index contributed by atoms with van der Waals surface area (Å²) in [6.45, 7) is 1.77. The Bertz CT molecular complexity index is 1010. The molecule has 0 unspecified atom stereocenters. The Labute approximate surface area is 196 Å². The Morgan fingerprint density at radius 3 is 2.62 bits per heavy atom. The number of rotatable bonds is 6. The van der Waals surface area contributed by atoms with E-state index < -0.39 is 59.7 Å². The minimum atomic E-state index is -3.16. The lowest BCUT2D eigenvalue weighted by Gasteiger charge is -2.54. The van der Waals surface area contributed by atoms with Crippen LogP contribution in [0, 0.1) is 23.2 Å². The highest BCUT2D eigenvalue weighted by Gasteiger charge is 2.62. The summed E-state index contributed by atoms with van der Waals surface area (Å²) in [4.78, 5) is 39.8. The van der Waals surface area contributed by atoms with Gasteiger partial charge in [-0.2, -0.15) is 5.26 Å². The van der Waals surface area contributed by atoms with Crippen molar-refractivity contribution in [2.75, 3.05) is 6.54 Å². The molecule has 1 aromatic rings. The smallest absolute Gasteiger partial charge is 0.259 e. The summed E-state index contributed by atoms with van der Waals surface area (Å²) in [5.74, 6) is -6.95. The molecule has 4 fully saturated rings. The van der Waals surface area contributed by atoms with Gasteiger partial charge in [-0.3, -0.25) is 14.4 Å². The summed E-state index contributed by atoms with van der Waals surface area (Å²) in [5.41, 5.74) is -1.74. The normalized spacial score (nSPS) is 30.1. The number of amides is 3. The van der Waals surface area contributed by atoms with Gasteiger partial charge in [0, 0.05) is 24.9 Å². The maximum absolute atomic E-state index is 14.9. The molecule has 3 amide bonds. The number of carbonyl (C=O) groups is 3. The number of hydrogen-bond acceptors (Lipinski definition) is 5. The molecule has 1 aliphatic carbocycles. The summed E-state index contributed by atoms with van der Waals surface area (Å²) in [5, 5.41) is 25.8. The molecule has 3 N–H and O–H groups in total. The van der Waals surface area contributed by atoms with Crippen molar-refractivity contribution in [1.82, 2.24) is 15.5 Å². The molecule has 3 heterocycles. The second-order valence-corrected chi connectivity index (χ2v) is 9.60. The van der Waals surface area contributed by atoms with Gasteiger partial charge in [-0.15, -0.1) is 0 Å². The van der Waals surface area contributed by atoms with Crippen molar-refractivity contribution in [2.24, 2.45) is 11.8 Å². The summed E-state index contributed by atoms with van der Waals surface area (Å²) >= 11 is 0. The van der Waals surface area contributed by atoms with Gasteiger partial charge >= 0.3 is 0 Å². The fourth-order valence-corrected chi connectivity index (χ4v) is 5.49. The molecule has 4 aliphatic rings. The molecule has 34 heavy (non-hydrogen) atoms. The molecule has 1 aromatic carbocycles. The van der Waals surface area contributed by atoms with Crippen LogP contribution in [-0.4, -0.2) is 58.3 Å². The van der Waals surface area contributed by atoms with Crippen LogP contribution >= 0.6 is 0 Å². The van der Waals surface area contributed by atoms with Crippen molar-refractivity contribution in [3.63, 3.8) is 0 Å². The molecule has 3 saturated heterocycles. The van der Waals surface area contributed by atoms with Crippen LogP contribution in [0.3, 0.4) is 0 Å². The average molecular weight is 475 g/mol. The van der Waals surface area contributed by atoms with Crippen molar-refractivity contribution in [1.29, 1.82) is 5.26 Å². The quantitative estimate of drug-likeness (QED) is 0.576. The number of nitrogens with one attached hydrogen (secondary N) is 2. The molecule has 0 radical (unpaired) electrons.